The average Bonchev–Trinajstić information content (AvgIpc) is 2.38. The molecule has 1 aliphatic rings. The van der Waals surface area contributed by atoms with Gasteiger partial charge in [-0.15, -0.1) is 0 Å². The topological polar surface area (TPSA) is 75.6 Å². The van der Waals surface area contributed by atoms with E-state index in [4.69, 9.17) is 27.9 Å². The van der Waals surface area contributed by atoms with Crippen molar-refractivity contribution in [3.63, 3.8) is 0 Å². The van der Waals surface area contributed by atoms with Crippen LogP contribution >= 0.6 is 23.2 Å². The summed E-state index contributed by atoms with van der Waals surface area (Å²) in [5.74, 6) is 0. The number of rotatable bonds is 6. The highest BCUT2D eigenvalue weighted by molar-refractivity contribution is 7.89. The van der Waals surface area contributed by atoms with Crippen molar-refractivity contribution in [2.24, 2.45) is 0 Å². The molecule has 0 bridgehead atoms. The largest absolute Gasteiger partial charge is 0.392 e. The summed E-state index contributed by atoms with van der Waals surface area (Å²) in [6.45, 7) is 2.14. The first kappa shape index (κ1) is 17.0. The van der Waals surface area contributed by atoms with Crippen LogP contribution in [0, 0.1) is 0 Å². The molecule has 1 aromatic rings. The van der Waals surface area contributed by atoms with Crippen molar-refractivity contribution in [1.29, 1.82) is 0 Å². The Morgan fingerprint density at radius 2 is 2.05 bits per heavy atom. The number of aliphatic hydroxyl groups is 1. The molecule has 1 aromatic carbocycles. The second kappa shape index (κ2) is 6.81. The van der Waals surface area contributed by atoms with Gasteiger partial charge in [-0.1, -0.05) is 23.2 Å². The summed E-state index contributed by atoms with van der Waals surface area (Å²) >= 11 is 11.9. The first-order valence-corrected chi connectivity index (χ1v) is 8.84. The van der Waals surface area contributed by atoms with Gasteiger partial charge in [-0.05, 0) is 37.5 Å². The van der Waals surface area contributed by atoms with Crippen molar-refractivity contribution in [3.05, 3.63) is 27.7 Å². The molecule has 0 spiro atoms. The molecule has 0 aliphatic heterocycles. The number of nitrogens with one attached hydrogen (secondary N) is 1. The molecule has 0 aromatic heterocycles. The zero-order valence-corrected chi connectivity index (χ0v) is 13.8. The lowest BCUT2D eigenvalue weighted by Gasteiger charge is -2.35. The van der Waals surface area contributed by atoms with Crippen LogP contribution in [0.3, 0.4) is 0 Å². The molecule has 118 valence electrons. The molecule has 8 heteroatoms. The molecule has 2 rings (SSSR count). The van der Waals surface area contributed by atoms with Crippen molar-refractivity contribution in [2.75, 3.05) is 6.61 Å². The van der Waals surface area contributed by atoms with E-state index in [9.17, 15) is 13.5 Å². The Bertz CT molecular complexity index is 615. The molecular formula is C13H17Cl2NO4S. The van der Waals surface area contributed by atoms with E-state index in [0.29, 0.717) is 19.4 Å². The third-order valence-corrected chi connectivity index (χ3v) is 5.68. The van der Waals surface area contributed by atoms with E-state index in [-0.39, 0.29) is 39.3 Å². The van der Waals surface area contributed by atoms with E-state index < -0.39 is 10.0 Å². The third kappa shape index (κ3) is 3.88. The lowest BCUT2D eigenvalue weighted by Crippen LogP contribution is -2.47. The molecule has 0 unspecified atom stereocenters. The van der Waals surface area contributed by atoms with Crippen LogP contribution < -0.4 is 4.72 Å². The first-order chi connectivity index (χ1) is 9.87. The summed E-state index contributed by atoms with van der Waals surface area (Å²) in [5, 5.41) is 9.40. The van der Waals surface area contributed by atoms with Gasteiger partial charge in [0.25, 0.3) is 0 Å². The van der Waals surface area contributed by atoms with Gasteiger partial charge in [0.05, 0.1) is 17.7 Å². The van der Waals surface area contributed by atoms with E-state index >= 15 is 0 Å². The summed E-state index contributed by atoms with van der Waals surface area (Å²) in [6.07, 6.45) is 1.38. The van der Waals surface area contributed by atoms with Crippen molar-refractivity contribution in [2.45, 2.75) is 43.4 Å². The van der Waals surface area contributed by atoms with E-state index in [1.807, 2.05) is 6.92 Å². The maximum Gasteiger partial charge on any atom is 0.242 e. The third-order valence-electron chi connectivity index (χ3n) is 3.36. The van der Waals surface area contributed by atoms with Crippen molar-refractivity contribution in [3.8, 4) is 0 Å². The van der Waals surface area contributed by atoms with Gasteiger partial charge in [0.15, 0.2) is 0 Å². The first-order valence-electron chi connectivity index (χ1n) is 6.60. The maximum absolute atomic E-state index is 12.4. The highest BCUT2D eigenvalue weighted by Crippen LogP contribution is 2.31. The van der Waals surface area contributed by atoms with Crippen LogP contribution in [-0.4, -0.2) is 32.3 Å². The second-order valence-corrected chi connectivity index (χ2v) is 7.40. The number of hydrogen-bond donors (Lipinski definition) is 2. The monoisotopic (exact) mass is 353 g/mol. The number of benzene rings is 1. The summed E-state index contributed by atoms with van der Waals surface area (Å²) in [6, 6.07) is 2.56. The lowest BCUT2D eigenvalue weighted by molar-refractivity contribution is -0.00475. The van der Waals surface area contributed by atoms with E-state index in [1.54, 1.807) is 0 Å². The van der Waals surface area contributed by atoms with E-state index in [1.165, 1.54) is 12.1 Å². The predicted molar refractivity (Wildman–Crippen MR) is 81.1 cm³/mol. The van der Waals surface area contributed by atoms with Crippen LogP contribution in [0.25, 0.3) is 0 Å². The number of halogens is 2. The number of sulfonamides is 1. The Balaban J connectivity index is 2.15. The zero-order valence-electron chi connectivity index (χ0n) is 11.5. The van der Waals surface area contributed by atoms with Crippen molar-refractivity contribution < 1.29 is 18.3 Å². The van der Waals surface area contributed by atoms with E-state index in [0.717, 1.165) is 0 Å². The molecule has 0 heterocycles. The van der Waals surface area contributed by atoms with Gasteiger partial charge in [-0.3, -0.25) is 0 Å². The molecule has 1 saturated carbocycles. The molecule has 0 atom stereocenters. The molecule has 0 radical (unpaired) electrons. The van der Waals surface area contributed by atoms with Crippen LogP contribution in [0.15, 0.2) is 17.0 Å². The van der Waals surface area contributed by atoms with Gasteiger partial charge in [-0.25, -0.2) is 13.1 Å². The summed E-state index contributed by atoms with van der Waals surface area (Å²) in [7, 11) is -3.78. The highest BCUT2D eigenvalue weighted by atomic mass is 35.5. The van der Waals surface area contributed by atoms with Gasteiger partial charge in [0, 0.05) is 17.7 Å². The fourth-order valence-corrected chi connectivity index (χ4v) is 4.43. The Labute approximate surface area is 134 Å². The molecule has 5 nitrogen and oxygen atoms in total. The van der Waals surface area contributed by atoms with Gasteiger partial charge in [0.1, 0.15) is 4.90 Å². The van der Waals surface area contributed by atoms with E-state index in [2.05, 4.69) is 4.72 Å². The molecule has 1 aliphatic carbocycles. The summed E-state index contributed by atoms with van der Waals surface area (Å²) in [4.78, 5) is -0.111. The SMILES string of the molecule is CCOC1CC(NS(=O)(=O)c2cc(Cl)cc(CO)c2Cl)C1. The predicted octanol–water partition coefficient (Wildman–Crippen LogP) is 2.33. The van der Waals surface area contributed by atoms with Crippen molar-refractivity contribution in [1.82, 2.24) is 4.72 Å². The molecule has 21 heavy (non-hydrogen) atoms. The number of ether oxygens (including phenoxy) is 1. The Hall–Kier alpha value is -0.370. The van der Waals surface area contributed by atoms with Gasteiger partial charge in [-0.2, -0.15) is 0 Å². The highest BCUT2D eigenvalue weighted by Gasteiger charge is 2.34. The second-order valence-electron chi connectivity index (χ2n) is 4.90. The number of aliphatic hydroxyl groups excluding tert-OH is 1. The van der Waals surface area contributed by atoms with Gasteiger partial charge >= 0.3 is 0 Å². The normalized spacial score (nSPS) is 22.1. The zero-order chi connectivity index (χ0) is 15.6. The van der Waals surface area contributed by atoms with Crippen LogP contribution in [0.1, 0.15) is 25.3 Å². The van der Waals surface area contributed by atoms with Crippen molar-refractivity contribution >= 4 is 33.2 Å². The standard InChI is InChI=1S/C13H17Cl2NO4S/c1-2-20-11-5-10(6-11)16-21(18,19)12-4-9(14)3-8(7-17)13(12)15/h3-4,10-11,16-17H,2,5-7H2,1H3. The van der Waals surface area contributed by atoms with Crippen LogP contribution in [-0.2, 0) is 21.4 Å². The molecule has 0 saturated heterocycles. The molecular weight excluding hydrogens is 337 g/mol. The van der Waals surface area contributed by atoms with Crippen LogP contribution in [0.2, 0.25) is 10.0 Å². The minimum Gasteiger partial charge on any atom is -0.392 e. The summed E-state index contributed by atoms with van der Waals surface area (Å²) < 4.78 is 32.7. The molecule has 0 amide bonds. The smallest absolute Gasteiger partial charge is 0.242 e. The lowest BCUT2D eigenvalue weighted by atomic mass is 9.90. The molecule has 1 fully saturated rings. The Morgan fingerprint density at radius 3 is 2.62 bits per heavy atom. The Morgan fingerprint density at radius 1 is 1.38 bits per heavy atom. The fraction of sp³-hybridized carbons (Fsp3) is 0.538. The van der Waals surface area contributed by atoms with Gasteiger partial charge in [0.2, 0.25) is 10.0 Å². The van der Waals surface area contributed by atoms with Crippen LogP contribution in [0.4, 0.5) is 0 Å². The average molecular weight is 354 g/mol. The quantitative estimate of drug-likeness (QED) is 0.822. The summed E-state index contributed by atoms with van der Waals surface area (Å²) in [5.41, 5.74) is 0.283. The minimum absolute atomic E-state index is 0.00455. The van der Waals surface area contributed by atoms with Crippen LogP contribution in [0.5, 0.6) is 0 Å². The van der Waals surface area contributed by atoms with Gasteiger partial charge < -0.3 is 9.84 Å². The minimum atomic E-state index is -3.78. The number of hydrogen-bond acceptors (Lipinski definition) is 4. The molecule has 2 N–H and O–H groups in total. The Kier molecular flexibility index (Phi) is 5.51. The maximum atomic E-state index is 12.4. The fourth-order valence-electron chi connectivity index (χ4n) is 2.25.